The Balaban J connectivity index is 2.14. The van der Waals surface area contributed by atoms with Crippen molar-refractivity contribution >= 4 is 18.1 Å². The van der Waals surface area contributed by atoms with E-state index in [1.54, 1.807) is 24.3 Å². The molecule has 3 nitrogen and oxygen atoms in total. The van der Waals surface area contributed by atoms with Crippen molar-refractivity contribution in [3.63, 3.8) is 0 Å². The van der Waals surface area contributed by atoms with E-state index in [1.807, 2.05) is 24.3 Å². The standard InChI is InChI=1S/C16H20O3Si2/c1-20-19-21(2,11-13-3-7-15(17)8-4-13)12-14-5-9-16(18)10-6-14/h3-10,17-18H,11-12H2,1-2H3. The SMILES string of the molecule is C[Si]O[Si](C)(Cc1ccc(O)cc1)Cc1ccc(O)cc1. The molecule has 0 aliphatic rings. The van der Waals surface area contributed by atoms with Crippen molar-refractivity contribution in [3.05, 3.63) is 59.7 Å². The second-order valence-corrected chi connectivity index (χ2v) is 10.3. The van der Waals surface area contributed by atoms with Gasteiger partial charge >= 0.3 is 0 Å². The molecule has 110 valence electrons. The van der Waals surface area contributed by atoms with Crippen LogP contribution in [-0.2, 0) is 16.2 Å². The second kappa shape index (κ2) is 6.93. The van der Waals surface area contributed by atoms with Crippen LogP contribution in [0.4, 0.5) is 0 Å². The molecule has 0 unspecified atom stereocenters. The average Bonchev–Trinajstić information content (AvgIpc) is 2.44. The Morgan fingerprint density at radius 2 is 1.24 bits per heavy atom. The van der Waals surface area contributed by atoms with Crippen LogP contribution >= 0.6 is 0 Å². The molecule has 0 aliphatic carbocycles. The number of rotatable bonds is 6. The van der Waals surface area contributed by atoms with Crippen LogP contribution in [0.3, 0.4) is 0 Å². The maximum atomic E-state index is 9.38. The van der Waals surface area contributed by atoms with E-state index in [4.69, 9.17) is 4.12 Å². The molecule has 2 radical (unpaired) electrons. The zero-order valence-electron chi connectivity index (χ0n) is 12.3. The maximum Gasteiger partial charge on any atom is 0.211 e. The first-order valence-electron chi connectivity index (χ1n) is 6.91. The number of phenols is 2. The van der Waals surface area contributed by atoms with Crippen LogP contribution < -0.4 is 0 Å². The summed E-state index contributed by atoms with van der Waals surface area (Å²) >= 11 is 0. The fourth-order valence-electron chi connectivity index (χ4n) is 2.47. The van der Waals surface area contributed by atoms with Crippen molar-refractivity contribution in [2.45, 2.75) is 25.2 Å². The van der Waals surface area contributed by atoms with Gasteiger partial charge in [0.1, 0.15) is 11.5 Å². The van der Waals surface area contributed by atoms with E-state index in [0.717, 1.165) is 12.1 Å². The smallest absolute Gasteiger partial charge is 0.211 e. The fraction of sp³-hybridized carbons (Fsp3) is 0.250. The van der Waals surface area contributed by atoms with Crippen molar-refractivity contribution in [3.8, 4) is 11.5 Å². The quantitative estimate of drug-likeness (QED) is 0.805. The molecule has 5 heteroatoms. The number of hydrogen-bond acceptors (Lipinski definition) is 3. The van der Waals surface area contributed by atoms with Gasteiger partial charge in [-0.3, -0.25) is 0 Å². The molecule has 0 amide bonds. The molecule has 0 aromatic heterocycles. The topological polar surface area (TPSA) is 49.7 Å². The monoisotopic (exact) mass is 316 g/mol. The van der Waals surface area contributed by atoms with Gasteiger partial charge in [-0.05, 0) is 60.6 Å². The van der Waals surface area contributed by atoms with Crippen molar-refractivity contribution in [2.75, 3.05) is 0 Å². The van der Waals surface area contributed by atoms with Crippen molar-refractivity contribution < 1.29 is 14.3 Å². The minimum Gasteiger partial charge on any atom is -0.508 e. The summed E-state index contributed by atoms with van der Waals surface area (Å²) in [6.07, 6.45) is 0. The van der Waals surface area contributed by atoms with Gasteiger partial charge in [0, 0.05) is 0 Å². The summed E-state index contributed by atoms with van der Waals surface area (Å²) in [5.74, 6) is 0.581. The van der Waals surface area contributed by atoms with Gasteiger partial charge in [-0.15, -0.1) is 0 Å². The Bertz CT molecular complexity index is 520. The molecule has 0 heterocycles. The predicted molar refractivity (Wildman–Crippen MR) is 87.9 cm³/mol. The van der Waals surface area contributed by atoms with Crippen LogP contribution in [0.2, 0.25) is 13.1 Å². The summed E-state index contributed by atoms with van der Waals surface area (Å²) < 4.78 is 6.14. The van der Waals surface area contributed by atoms with Crippen LogP contribution in [0.15, 0.2) is 48.5 Å². The van der Waals surface area contributed by atoms with E-state index in [1.165, 1.54) is 11.1 Å². The van der Waals surface area contributed by atoms with E-state index in [0.29, 0.717) is 21.3 Å². The van der Waals surface area contributed by atoms with E-state index in [-0.39, 0.29) is 0 Å². The minimum absolute atomic E-state index is 0.291. The van der Waals surface area contributed by atoms with E-state index < -0.39 is 8.32 Å². The summed E-state index contributed by atoms with van der Waals surface area (Å²) in [6.45, 7) is 4.29. The molecule has 0 atom stereocenters. The Hall–Kier alpha value is -1.57. The number of phenolic OH excluding ortho intramolecular Hbond substituents is 2. The van der Waals surface area contributed by atoms with Crippen LogP contribution in [0, 0.1) is 0 Å². The van der Waals surface area contributed by atoms with Crippen molar-refractivity contribution in [2.24, 2.45) is 0 Å². The van der Waals surface area contributed by atoms with E-state index in [2.05, 4.69) is 13.1 Å². The Morgan fingerprint density at radius 3 is 1.57 bits per heavy atom. The Labute approximate surface area is 129 Å². The summed E-state index contributed by atoms with van der Waals surface area (Å²) in [6, 6.07) is 16.5. The molecule has 0 fully saturated rings. The molecule has 2 aromatic carbocycles. The first kappa shape index (κ1) is 15.8. The summed E-state index contributed by atoms with van der Waals surface area (Å²) in [5, 5.41) is 18.8. The third kappa shape index (κ3) is 4.73. The van der Waals surface area contributed by atoms with Gasteiger partial charge in [0.2, 0.25) is 9.76 Å². The maximum absolute atomic E-state index is 9.38. The van der Waals surface area contributed by atoms with E-state index in [9.17, 15) is 10.2 Å². The minimum atomic E-state index is -1.92. The van der Waals surface area contributed by atoms with Gasteiger partial charge in [-0.1, -0.05) is 24.3 Å². The molecule has 0 spiro atoms. The van der Waals surface area contributed by atoms with Crippen LogP contribution in [0.1, 0.15) is 11.1 Å². The fourth-order valence-corrected chi connectivity index (χ4v) is 7.34. The zero-order chi connectivity index (χ0) is 15.3. The van der Waals surface area contributed by atoms with Gasteiger partial charge in [-0.25, -0.2) is 0 Å². The lowest BCUT2D eigenvalue weighted by Gasteiger charge is -2.27. The first-order valence-corrected chi connectivity index (χ1v) is 11.1. The normalized spacial score (nSPS) is 11.5. The molecule has 0 bridgehead atoms. The molecule has 2 N–H and O–H groups in total. The largest absolute Gasteiger partial charge is 0.508 e. The highest BCUT2D eigenvalue weighted by molar-refractivity contribution is 6.75. The average molecular weight is 317 g/mol. The molecule has 0 saturated heterocycles. The van der Waals surface area contributed by atoms with Gasteiger partial charge in [0.15, 0.2) is 8.32 Å². The first-order chi connectivity index (χ1) is 10.0. The van der Waals surface area contributed by atoms with Gasteiger partial charge < -0.3 is 14.3 Å². The highest BCUT2D eigenvalue weighted by Gasteiger charge is 2.29. The van der Waals surface area contributed by atoms with Crippen LogP contribution in [0.25, 0.3) is 0 Å². The molecule has 21 heavy (non-hydrogen) atoms. The summed E-state index contributed by atoms with van der Waals surface area (Å²) in [4.78, 5) is 0. The predicted octanol–water partition coefficient (Wildman–Crippen LogP) is 3.22. The van der Waals surface area contributed by atoms with Crippen molar-refractivity contribution in [1.29, 1.82) is 0 Å². The molecule has 2 aromatic rings. The molecule has 0 aliphatic heterocycles. The lowest BCUT2D eigenvalue weighted by atomic mass is 10.2. The van der Waals surface area contributed by atoms with Gasteiger partial charge in [-0.2, -0.15) is 0 Å². The number of benzene rings is 2. The van der Waals surface area contributed by atoms with Gasteiger partial charge in [0.05, 0.1) is 0 Å². The van der Waals surface area contributed by atoms with Crippen LogP contribution in [-0.4, -0.2) is 28.3 Å². The zero-order valence-corrected chi connectivity index (χ0v) is 14.3. The summed E-state index contributed by atoms with van der Waals surface area (Å²) in [7, 11) is -1.45. The Morgan fingerprint density at radius 1 is 0.857 bits per heavy atom. The van der Waals surface area contributed by atoms with Gasteiger partial charge in [0.25, 0.3) is 0 Å². The lowest BCUT2D eigenvalue weighted by Crippen LogP contribution is -2.41. The van der Waals surface area contributed by atoms with Crippen molar-refractivity contribution in [1.82, 2.24) is 0 Å². The lowest BCUT2D eigenvalue weighted by molar-refractivity contribution is 0.474. The second-order valence-electron chi connectivity index (χ2n) is 5.44. The van der Waals surface area contributed by atoms with E-state index >= 15 is 0 Å². The number of aromatic hydroxyl groups is 2. The molecule has 2 rings (SSSR count). The molecular weight excluding hydrogens is 296 g/mol. The third-order valence-corrected chi connectivity index (χ3v) is 8.48. The summed E-state index contributed by atoms with van der Waals surface area (Å²) in [5.41, 5.74) is 2.39. The Kier molecular flexibility index (Phi) is 5.22. The number of hydrogen-bond donors (Lipinski definition) is 2. The highest BCUT2D eigenvalue weighted by Crippen LogP contribution is 2.21. The third-order valence-electron chi connectivity index (χ3n) is 3.38. The highest BCUT2D eigenvalue weighted by atomic mass is 28.4. The molecule has 0 saturated carbocycles. The molecular formula is C16H20O3Si2. The van der Waals surface area contributed by atoms with Crippen LogP contribution in [0.5, 0.6) is 11.5 Å².